The zero-order valence-electron chi connectivity index (χ0n) is 16.1. The van der Waals surface area contributed by atoms with Gasteiger partial charge in [0.15, 0.2) is 11.5 Å². The molecule has 1 aromatic heterocycles. The van der Waals surface area contributed by atoms with Gasteiger partial charge < -0.3 is 24.1 Å². The Morgan fingerprint density at radius 3 is 2.72 bits per heavy atom. The number of amides is 1. The predicted octanol–water partition coefficient (Wildman–Crippen LogP) is 2.91. The number of aromatic nitrogens is 1. The monoisotopic (exact) mass is 394 g/mol. The molecule has 0 unspecified atom stereocenters. The molecule has 0 fully saturated rings. The van der Waals surface area contributed by atoms with Crippen LogP contribution in [0.4, 0.5) is 0 Å². The average Bonchev–Trinajstić information content (AvgIpc) is 2.94. The molecule has 0 saturated heterocycles. The van der Waals surface area contributed by atoms with Crippen LogP contribution in [0, 0.1) is 0 Å². The highest BCUT2D eigenvalue weighted by Crippen LogP contribution is 2.30. The molecular weight excluding hydrogens is 372 g/mol. The van der Waals surface area contributed by atoms with Gasteiger partial charge in [0.25, 0.3) is 0 Å². The number of nitrogens with zero attached hydrogens (tertiary/aromatic N) is 1. The molecule has 1 amide bonds. The molecule has 150 valence electrons. The van der Waals surface area contributed by atoms with Gasteiger partial charge in [-0.15, -0.1) is 0 Å². The summed E-state index contributed by atoms with van der Waals surface area (Å²) in [6, 6.07) is 13.1. The van der Waals surface area contributed by atoms with Gasteiger partial charge in [-0.05, 0) is 23.8 Å². The fraction of sp³-hybridized carbons (Fsp3) is 0.273. The summed E-state index contributed by atoms with van der Waals surface area (Å²) in [6.45, 7) is 1.73. The second-order valence-electron chi connectivity index (χ2n) is 6.79. The first-order valence-corrected chi connectivity index (χ1v) is 9.47. The van der Waals surface area contributed by atoms with E-state index in [1.54, 1.807) is 10.8 Å². The molecule has 29 heavy (non-hydrogen) atoms. The number of benzene rings is 2. The van der Waals surface area contributed by atoms with Gasteiger partial charge in [0.2, 0.25) is 5.91 Å². The summed E-state index contributed by atoms with van der Waals surface area (Å²) in [4.78, 5) is 24.5. The molecule has 1 aliphatic heterocycles. The van der Waals surface area contributed by atoms with Gasteiger partial charge in [0.1, 0.15) is 6.54 Å². The highest BCUT2D eigenvalue weighted by molar-refractivity contribution is 6.04. The molecule has 0 aliphatic carbocycles. The number of nitrogens with one attached hydrogen (secondary N) is 1. The molecule has 4 rings (SSSR count). The van der Waals surface area contributed by atoms with E-state index in [9.17, 15) is 9.59 Å². The van der Waals surface area contributed by atoms with Crippen LogP contribution in [0.5, 0.6) is 11.5 Å². The van der Waals surface area contributed by atoms with Gasteiger partial charge in [0, 0.05) is 30.1 Å². The molecule has 7 nitrogen and oxygen atoms in total. The van der Waals surface area contributed by atoms with Gasteiger partial charge in [-0.2, -0.15) is 0 Å². The number of rotatable bonds is 5. The lowest BCUT2D eigenvalue weighted by molar-refractivity contribution is -0.121. The van der Waals surface area contributed by atoms with Crippen LogP contribution in [0.15, 0.2) is 48.7 Å². The second kappa shape index (κ2) is 8.26. The van der Waals surface area contributed by atoms with Gasteiger partial charge in [-0.25, -0.2) is 4.79 Å². The summed E-state index contributed by atoms with van der Waals surface area (Å²) in [5, 5.41) is 3.67. The first-order valence-electron chi connectivity index (χ1n) is 9.47. The number of methoxy groups -OCH3 is 1. The maximum atomic E-state index is 12.5. The van der Waals surface area contributed by atoms with Crippen molar-refractivity contribution in [3.05, 3.63) is 59.8 Å². The predicted molar refractivity (Wildman–Crippen MR) is 107 cm³/mol. The van der Waals surface area contributed by atoms with Crippen molar-refractivity contribution in [1.82, 2.24) is 9.88 Å². The van der Waals surface area contributed by atoms with E-state index in [0.717, 1.165) is 28.6 Å². The van der Waals surface area contributed by atoms with E-state index in [1.165, 1.54) is 7.11 Å². The number of carbonyl (C=O) groups excluding carboxylic acids is 2. The molecule has 3 aromatic rings. The summed E-state index contributed by atoms with van der Waals surface area (Å²) < 4.78 is 17.9. The van der Waals surface area contributed by atoms with Gasteiger partial charge >= 0.3 is 5.97 Å². The zero-order valence-corrected chi connectivity index (χ0v) is 16.1. The molecule has 1 aliphatic rings. The molecule has 7 heteroatoms. The molecule has 0 bridgehead atoms. The minimum atomic E-state index is -0.424. The highest BCUT2D eigenvalue weighted by Gasteiger charge is 2.17. The molecule has 0 saturated carbocycles. The maximum Gasteiger partial charge on any atom is 0.340 e. The second-order valence-corrected chi connectivity index (χ2v) is 6.79. The van der Waals surface area contributed by atoms with Crippen molar-refractivity contribution in [3.63, 3.8) is 0 Å². The van der Waals surface area contributed by atoms with Crippen molar-refractivity contribution in [2.45, 2.75) is 19.5 Å². The fourth-order valence-electron chi connectivity index (χ4n) is 3.38. The lowest BCUT2D eigenvalue weighted by Crippen LogP contribution is -2.26. The normalized spacial score (nSPS) is 13.0. The fourth-order valence-corrected chi connectivity index (χ4v) is 3.38. The van der Waals surface area contributed by atoms with Crippen LogP contribution in [-0.2, 0) is 22.6 Å². The van der Waals surface area contributed by atoms with Crippen molar-refractivity contribution in [2.75, 3.05) is 20.3 Å². The number of hydrogen-bond acceptors (Lipinski definition) is 5. The summed E-state index contributed by atoms with van der Waals surface area (Å²) in [7, 11) is 1.34. The van der Waals surface area contributed by atoms with Crippen molar-refractivity contribution in [3.8, 4) is 11.5 Å². The maximum absolute atomic E-state index is 12.5. The Morgan fingerprint density at radius 1 is 1.10 bits per heavy atom. The third kappa shape index (κ3) is 4.03. The Kier molecular flexibility index (Phi) is 5.37. The molecule has 1 N–H and O–H groups in total. The van der Waals surface area contributed by atoms with Crippen LogP contribution in [-0.4, -0.2) is 36.8 Å². The average molecular weight is 394 g/mol. The largest absolute Gasteiger partial charge is 0.490 e. The molecule has 0 spiro atoms. The van der Waals surface area contributed by atoms with E-state index in [2.05, 4.69) is 5.32 Å². The van der Waals surface area contributed by atoms with Crippen LogP contribution in [0.2, 0.25) is 0 Å². The van der Waals surface area contributed by atoms with E-state index in [4.69, 9.17) is 14.2 Å². The van der Waals surface area contributed by atoms with E-state index < -0.39 is 5.97 Å². The topological polar surface area (TPSA) is 78.8 Å². The van der Waals surface area contributed by atoms with Crippen molar-refractivity contribution in [2.24, 2.45) is 0 Å². The number of para-hydroxylation sites is 1. The quantitative estimate of drug-likeness (QED) is 0.673. The number of fused-ring (bicyclic) bond motifs is 2. The Hall–Kier alpha value is -3.48. The van der Waals surface area contributed by atoms with Gasteiger partial charge in [-0.1, -0.05) is 24.3 Å². The van der Waals surface area contributed by atoms with Crippen LogP contribution in [0.1, 0.15) is 22.3 Å². The van der Waals surface area contributed by atoms with Crippen molar-refractivity contribution in [1.29, 1.82) is 0 Å². The van der Waals surface area contributed by atoms with Crippen LogP contribution >= 0.6 is 0 Å². The van der Waals surface area contributed by atoms with Crippen molar-refractivity contribution >= 4 is 22.8 Å². The summed E-state index contributed by atoms with van der Waals surface area (Å²) in [5.74, 6) is 0.849. The third-order valence-electron chi connectivity index (χ3n) is 4.81. The Labute approximate surface area is 168 Å². The van der Waals surface area contributed by atoms with Crippen molar-refractivity contribution < 1.29 is 23.8 Å². The molecule has 2 heterocycles. The minimum absolute atomic E-state index is 0.0993. The zero-order chi connectivity index (χ0) is 20.2. The first-order chi connectivity index (χ1) is 14.2. The van der Waals surface area contributed by atoms with Gasteiger partial charge in [0.05, 0.1) is 25.9 Å². The lowest BCUT2D eigenvalue weighted by atomic mass is 10.2. The minimum Gasteiger partial charge on any atom is -0.490 e. The molecule has 0 atom stereocenters. The van der Waals surface area contributed by atoms with Crippen LogP contribution in [0.25, 0.3) is 10.9 Å². The van der Waals surface area contributed by atoms with E-state index in [1.807, 2.05) is 42.5 Å². The number of carbonyl (C=O) groups is 2. The summed E-state index contributed by atoms with van der Waals surface area (Å²) in [6.07, 6.45) is 2.50. The van der Waals surface area contributed by atoms with E-state index in [0.29, 0.717) is 31.1 Å². The standard InChI is InChI=1S/C22H22N2O5/c1-27-22(26)17-13-24(18-6-3-2-5-16(17)18)14-21(25)23-12-15-7-8-19-20(11-15)29-10-4-9-28-19/h2-3,5-8,11,13H,4,9-10,12,14H2,1H3,(H,23,25). The third-order valence-corrected chi connectivity index (χ3v) is 4.81. The lowest BCUT2D eigenvalue weighted by Gasteiger charge is -2.11. The first kappa shape index (κ1) is 18.9. The summed E-state index contributed by atoms with van der Waals surface area (Å²) >= 11 is 0. The van der Waals surface area contributed by atoms with Crippen LogP contribution in [0.3, 0.4) is 0 Å². The Morgan fingerprint density at radius 2 is 1.90 bits per heavy atom. The smallest absolute Gasteiger partial charge is 0.340 e. The Balaban J connectivity index is 1.45. The van der Waals surface area contributed by atoms with E-state index in [-0.39, 0.29) is 12.5 Å². The number of ether oxygens (including phenoxy) is 3. The SMILES string of the molecule is COC(=O)c1cn(CC(=O)NCc2ccc3c(c2)OCCCO3)c2ccccc12. The van der Waals surface area contributed by atoms with Gasteiger partial charge in [-0.3, -0.25) is 4.79 Å². The highest BCUT2D eigenvalue weighted by atomic mass is 16.5. The number of esters is 1. The summed E-state index contributed by atoms with van der Waals surface area (Å²) in [5.41, 5.74) is 2.17. The molecule has 0 radical (unpaired) electrons. The molecule has 2 aromatic carbocycles. The molecular formula is C22H22N2O5. The van der Waals surface area contributed by atoms with E-state index >= 15 is 0 Å². The Bertz CT molecular complexity index is 1060. The van der Waals surface area contributed by atoms with Crippen LogP contribution < -0.4 is 14.8 Å². The number of hydrogen-bond donors (Lipinski definition) is 1.